The molecule has 14 heteroatoms. The number of aliphatic hydroxyl groups is 1. The Bertz CT molecular complexity index is 2300. The van der Waals surface area contributed by atoms with Crippen molar-refractivity contribution in [3.8, 4) is 46.3 Å². The lowest BCUT2D eigenvalue weighted by Crippen LogP contribution is -2.05. The predicted molar refractivity (Wildman–Crippen MR) is 214 cm³/mol. The normalized spacial score (nSPS) is 10.7. The van der Waals surface area contributed by atoms with Gasteiger partial charge < -0.3 is 29.8 Å². The van der Waals surface area contributed by atoms with Gasteiger partial charge in [0, 0.05) is 88.0 Å². The van der Waals surface area contributed by atoms with Crippen LogP contribution in [0.25, 0.3) is 11.1 Å². The van der Waals surface area contributed by atoms with Crippen LogP contribution in [0.4, 0.5) is 0 Å². The van der Waals surface area contributed by atoms with Gasteiger partial charge in [-0.3, -0.25) is 9.97 Å². The first-order chi connectivity index (χ1) is 27.2. The predicted octanol–water partition coefficient (Wildman–Crippen LogP) is 9.77. The maximum Gasteiger partial charge on any atom is 0.142 e. The molecule has 6 aromatic rings. The van der Waals surface area contributed by atoms with E-state index in [2.05, 4.69) is 22.1 Å². The summed E-state index contributed by atoms with van der Waals surface area (Å²) in [6.45, 7) is 0.271. The van der Waals surface area contributed by atoms with Gasteiger partial charge in [-0.05, 0) is 24.3 Å². The molecule has 2 heterocycles. The molecule has 6 rings (SSSR count). The second kappa shape index (κ2) is 18.9. The van der Waals surface area contributed by atoms with E-state index in [0.717, 1.165) is 5.56 Å². The fraction of sp³-hybridized carbons (Fsp3) is 0.143. The molecule has 0 bridgehead atoms. The maximum atomic E-state index is 9.95. The van der Waals surface area contributed by atoms with Crippen molar-refractivity contribution in [2.24, 2.45) is 5.73 Å². The average Bonchev–Trinajstić information content (AvgIpc) is 3.22. The minimum Gasteiger partial charge on any atom is -0.488 e. The number of nitrogens with two attached hydrogens (primary N) is 1. The molecule has 0 aliphatic heterocycles. The molecule has 0 aliphatic carbocycles. The summed E-state index contributed by atoms with van der Waals surface area (Å²) in [5, 5.41) is 29.8. The molecule has 10 nitrogen and oxygen atoms in total. The fourth-order valence-electron chi connectivity index (χ4n) is 5.61. The van der Waals surface area contributed by atoms with Crippen LogP contribution in [0.1, 0.15) is 44.5 Å². The lowest BCUT2D eigenvalue weighted by atomic mass is 10.0. The number of aliphatic hydroxyl groups excluding tert-OH is 1. The number of hydrogen-bond acceptors (Lipinski definition) is 10. The van der Waals surface area contributed by atoms with Crippen molar-refractivity contribution in [2.45, 2.75) is 39.6 Å². The molecule has 0 saturated carbocycles. The molecule has 4 aromatic carbocycles. The molecule has 0 amide bonds. The third kappa shape index (κ3) is 9.62. The molecule has 3 N–H and O–H groups in total. The molecule has 0 fully saturated rings. The zero-order valence-corrected chi connectivity index (χ0v) is 32.5. The largest absolute Gasteiger partial charge is 0.488 e. The molecule has 0 radical (unpaired) electrons. The Labute approximate surface area is 343 Å². The summed E-state index contributed by atoms with van der Waals surface area (Å²) >= 11 is 27.1. The van der Waals surface area contributed by atoms with E-state index in [-0.39, 0.29) is 44.6 Å². The smallest absolute Gasteiger partial charge is 0.142 e. The topological polar surface area (TPSA) is 157 Å². The molecule has 0 atom stereocenters. The standard InChI is InChI=1S/C42H31Cl4N5O5/c43-35-9-31(15-49)37(53-21-27-7-25(13-47)16-50-18-27)11-39(35)55-23-29-3-1-5-33(41(29)45)34-6-2-4-30(42(34)46)24-56-40-12-38(32(20-52)10-36(40)44)54-22-28-8-26(14-48)17-51-19-28/h1-12,16-19,52H,15,20-24,49H2. The third-order valence-corrected chi connectivity index (χ3v) is 9.95. The summed E-state index contributed by atoms with van der Waals surface area (Å²) in [6, 6.07) is 25.1. The first-order valence-electron chi connectivity index (χ1n) is 16.9. The maximum absolute atomic E-state index is 9.95. The van der Waals surface area contributed by atoms with E-state index in [4.69, 9.17) is 71.1 Å². The molecule has 282 valence electrons. The Morgan fingerprint density at radius 1 is 0.554 bits per heavy atom. The van der Waals surface area contributed by atoms with E-state index < -0.39 is 0 Å². The highest BCUT2D eigenvalue weighted by atomic mass is 35.5. The summed E-state index contributed by atoms with van der Waals surface area (Å²) in [5.74, 6) is 1.53. The monoisotopic (exact) mass is 825 g/mol. The van der Waals surface area contributed by atoms with E-state index in [9.17, 15) is 15.6 Å². The van der Waals surface area contributed by atoms with Crippen LogP contribution >= 0.6 is 46.4 Å². The zero-order chi connectivity index (χ0) is 39.6. The van der Waals surface area contributed by atoms with Crippen LogP contribution in [0.3, 0.4) is 0 Å². The second-order valence-electron chi connectivity index (χ2n) is 12.2. The van der Waals surface area contributed by atoms with Gasteiger partial charge in [0.15, 0.2) is 0 Å². The first kappa shape index (κ1) is 40.1. The minimum atomic E-state index is -0.313. The number of aromatic nitrogens is 2. The highest BCUT2D eigenvalue weighted by Gasteiger charge is 2.18. The van der Waals surface area contributed by atoms with Crippen molar-refractivity contribution in [3.63, 3.8) is 0 Å². The fourth-order valence-corrected chi connectivity index (χ4v) is 6.66. The first-order valence-corrected chi connectivity index (χ1v) is 18.4. The van der Waals surface area contributed by atoms with Gasteiger partial charge in [-0.25, -0.2) is 0 Å². The van der Waals surface area contributed by atoms with Crippen LogP contribution in [-0.4, -0.2) is 15.1 Å². The number of nitriles is 2. The zero-order valence-electron chi connectivity index (χ0n) is 29.4. The van der Waals surface area contributed by atoms with E-state index in [1.807, 2.05) is 36.4 Å². The number of pyridine rings is 2. The Morgan fingerprint density at radius 3 is 1.45 bits per heavy atom. The number of rotatable bonds is 15. The molecule has 56 heavy (non-hydrogen) atoms. The highest BCUT2D eigenvalue weighted by molar-refractivity contribution is 6.37. The van der Waals surface area contributed by atoms with Crippen molar-refractivity contribution >= 4 is 46.4 Å². The molecule has 0 saturated heterocycles. The number of hydrogen-bond donors (Lipinski definition) is 2. The van der Waals surface area contributed by atoms with Gasteiger partial charge in [-0.1, -0.05) is 82.8 Å². The van der Waals surface area contributed by atoms with Gasteiger partial charge in [-0.15, -0.1) is 0 Å². The van der Waals surface area contributed by atoms with E-state index in [1.54, 1.807) is 48.8 Å². The van der Waals surface area contributed by atoms with Crippen LogP contribution in [-0.2, 0) is 39.6 Å². The highest BCUT2D eigenvalue weighted by Crippen LogP contribution is 2.40. The van der Waals surface area contributed by atoms with Gasteiger partial charge in [0.2, 0.25) is 0 Å². The lowest BCUT2D eigenvalue weighted by molar-refractivity contribution is 0.255. The second-order valence-corrected chi connectivity index (χ2v) is 13.8. The molecular formula is C42H31Cl4N5O5. The van der Waals surface area contributed by atoms with Gasteiger partial charge in [0.05, 0.1) is 37.8 Å². The van der Waals surface area contributed by atoms with Crippen molar-refractivity contribution in [1.82, 2.24) is 9.97 Å². The van der Waals surface area contributed by atoms with Crippen LogP contribution < -0.4 is 24.7 Å². The van der Waals surface area contributed by atoms with Crippen molar-refractivity contribution < 1.29 is 24.1 Å². The lowest BCUT2D eigenvalue weighted by Gasteiger charge is -2.17. The Kier molecular flexibility index (Phi) is 13.5. The van der Waals surface area contributed by atoms with Crippen LogP contribution in [0.5, 0.6) is 23.0 Å². The van der Waals surface area contributed by atoms with E-state index in [1.165, 1.54) is 12.4 Å². The number of nitrogens with zero attached hydrogens (tertiary/aromatic N) is 4. The Hall–Kier alpha value is -5.56. The summed E-state index contributed by atoms with van der Waals surface area (Å²) in [7, 11) is 0. The molecular weight excluding hydrogens is 796 g/mol. The third-order valence-electron chi connectivity index (χ3n) is 8.47. The van der Waals surface area contributed by atoms with Gasteiger partial charge >= 0.3 is 0 Å². The number of halogens is 4. The molecule has 0 spiro atoms. The SMILES string of the molecule is N#Cc1cncc(COc2cc(OCc3cccc(-c4cccc(COc5cc(OCc6cncc(C#N)c6)c(CO)cc5Cl)c4Cl)c3Cl)c(Cl)cc2CN)c1. The van der Waals surface area contributed by atoms with Gasteiger partial charge in [0.25, 0.3) is 0 Å². The summed E-state index contributed by atoms with van der Waals surface area (Å²) in [6.07, 6.45) is 6.16. The summed E-state index contributed by atoms with van der Waals surface area (Å²) in [4.78, 5) is 8.14. The van der Waals surface area contributed by atoms with E-state index >= 15 is 0 Å². The number of benzene rings is 4. The average molecular weight is 828 g/mol. The molecule has 2 aromatic heterocycles. The Balaban J connectivity index is 1.16. The molecule has 0 aliphatic rings. The van der Waals surface area contributed by atoms with Gasteiger partial charge in [0.1, 0.15) is 61.6 Å². The van der Waals surface area contributed by atoms with E-state index in [0.29, 0.717) is 88.1 Å². The molecule has 0 unspecified atom stereocenters. The van der Waals surface area contributed by atoms with Crippen LogP contribution in [0.15, 0.2) is 97.6 Å². The number of ether oxygens (including phenoxy) is 4. The summed E-state index contributed by atoms with van der Waals surface area (Å²) in [5.41, 5.74) is 12.1. The summed E-state index contributed by atoms with van der Waals surface area (Å²) < 4.78 is 24.3. The van der Waals surface area contributed by atoms with Crippen molar-refractivity contribution in [1.29, 1.82) is 10.5 Å². The van der Waals surface area contributed by atoms with Crippen molar-refractivity contribution in [3.05, 3.63) is 162 Å². The van der Waals surface area contributed by atoms with Crippen LogP contribution in [0, 0.1) is 22.7 Å². The van der Waals surface area contributed by atoms with Crippen LogP contribution in [0.2, 0.25) is 20.1 Å². The quantitative estimate of drug-likeness (QED) is 0.102. The minimum absolute atomic E-state index is 0.0564. The Morgan fingerprint density at radius 2 is 1.00 bits per heavy atom. The van der Waals surface area contributed by atoms with Gasteiger partial charge in [-0.2, -0.15) is 10.5 Å². The van der Waals surface area contributed by atoms with Crippen molar-refractivity contribution in [2.75, 3.05) is 0 Å².